The van der Waals surface area contributed by atoms with Gasteiger partial charge in [0.25, 0.3) is 0 Å². The lowest BCUT2D eigenvalue weighted by molar-refractivity contribution is -0.125. The highest BCUT2D eigenvalue weighted by molar-refractivity contribution is 5.87. The van der Waals surface area contributed by atoms with Crippen LogP contribution < -0.4 is 0 Å². The van der Waals surface area contributed by atoms with Gasteiger partial charge in [0.1, 0.15) is 5.78 Å². The zero-order chi connectivity index (χ0) is 12.3. The summed E-state index contributed by atoms with van der Waals surface area (Å²) in [7, 11) is 0. The molecule has 1 aliphatic rings. The molecule has 1 heterocycles. The number of ketones is 1. The lowest BCUT2D eigenvalue weighted by Crippen LogP contribution is -2.24. The van der Waals surface area contributed by atoms with E-state index >= 15 is 0 Å². The number of aromatic nitrogens is 1. The predicted octanol–water partition coefficient (Wildman–Crippen LogP) is 3.58. The van der Waals surface area contributed by atoms with Crippen LogP contribution in [0.5, 0.6) is 0 Å². The summed E-state index contributed by atoms with van der Waals surface area (Å²) in [6.45, 7) is 4.31. The van der Waals surface area contributed by atoms with Gasteiger partial charge in [-0.2, -0.15) is 0 Å². The normalized spacial score (nSPS) is 26.5. The van der Waals surface area contributed by atoms with Crippen LogP contribution in [-0.4, -0.2) is 10.8 Å². The molecule has 1 aromatic heterocycles. The van der Waals surface area contributed by atoms with Crippen molar-refractivity contribution in [1.29, 1.82) is 0 Å². The van der Waals surface area contributed by atoms with E-state index in [0.29, 0.717) is 5.78 Å². The third kappa shape index (κ3) is 2.93. The third-order valence-corrected chi connectivity index (χ3v) is 4.05. The van der Waals surface area contributed by atoms with Gasteiger partial charge in [-0.25, -0.2) is 0 Å². The first-order chi connectivity index (χ1) is 8.18. The molecule has 1 atom stereocenters. The van der Waals surface area contributed by atoms with Crippen molar-refractivity contribution in [2.75, 3.05) is 0 Å². The van der Waals surface area contributed by atoms with Crippen molar-refractivity contribution in [1.82, 2.24) is 4.98 Å². The first kappa shape index (κ1) is 12.3. The first-order valence-electron chi connectivity index (χ1n) is 6.62. The summed E-state index contributed by atoms with van der Waals surface area (Å²) >= 11 is 0. The molecule has 0 saturated heterocycles. The Morgan fingerprint density at radius 3 is 2.41 bits per heavy atom. The lowest BCUT2D eigenvalue weighted by Gasteiger charge is -2.27. The number of Topliss-reactive ketones (excluding diaryl/α,β-unsaturated/α-hetero) is 1. The van der Waals surface area contributed by atoms with Crippen molar-refractivity contribution in [2.45, 2.75) is 45.4 Å². The second-order valence-corrected chi connectivity index (χ2v) is 5.36. The van der Waals surface area contributed by atoms with Crippen LogP contribution in [0.15, 0.2) is 24.5 Å². The van der Waals surface area contributed by atoms with Crippen LogP contribution in [0.25, 0.3) is 0 Å². The Hall–Kier alpha value is -1.18. The molecule has 0 bridgehead atoms. The minimum absolute atomic E-state index is 0.0245. The summed E-state index contributed by atoms with van der Waals surface area (Å²) in [6, 6.07) is 3.90. The van der Waals surface area contributed by atoms with E-state index in [4.69, 9.17) is 0 Å². The predicted molar refractivity (Wildman–Crippen MR) is 68.8 cm³/mol. The summed E-state index contributed by atoms with van der Waals surface area (Å²) < 4.78 is 0. The van der Waals surface area contributed by atoms with Crippen LogP contribution in [0.2, 0.25) is 0 Å². The molecule has 2 nitrogen and oxygen atoms in total. The molecular formula is C15H21NO. The quantitative estimate of drug-likeness (QED) is 0.796. The van der Waals surface area contributed by atoms with Crippen molar-refractivity contribution in [3.05, 3.63) is 30.1 Å². The molecule has 0 aromatic carbocycles. The zero-order valence-electron chi connectivity index (χ0n) is 10.7. The molecule has 0 aliphatic heterocycles. The van der Waals surface area contributed by atoms with E-state index in [1.807, 2.05) is 19.1 Å². The Bertz CT molecular complexity index is 366. The molecule has 1 saturated carbocycles. The molecular weight excluding hydrogens is 210 g/mol. The molecule has 1 fully saturated rings. The van der Waals surface area contributed by atoms with Crippen molar-refractivity contribution < 1.29 is 4.79 Å². The molecule has 92 valence electrons. The van der Waals surface area contributed by atoms with Gasteiger partial charge >= 0.3 is 0 Å². The Morgan fingerprint density at radius 1 is 1.24 bits per heavy atom. The number of nitrogens with zero attached hydrogens (tertiary/aromatic N) is 1. The number of hydrogen-bond acceptors (Lipinski definition) is 2. The summed E-state index contributed by atoms with van der Waals surface area (Å²) in [5.74, 6) is 1.53. The van der Waals surface area contributed by atoms with Crippen LogP contribution in [0.1, 0.15) is 51.0 Å². The fraction of sp³-hybridized carbons (Fsp3) is 0.600. The topological polar surface area (TPSA) is 30.0 Å². The highest BCUT2D eigenvalue weighted by Crippen LogP contribution is 2.32. The van der Waals surface area contributed by atoms with Crippen LogP contribution in [-0.2, 0) is 4.79 Å². The molecule has 1 unspecified atom stereocenters. The summed E-state index contributed by atoms with van der Waals surface area (Å²) in [5, 5.41) is 0. The molecule has 1 aliphatic carbocycles. The van der Waals surface area contributed by atoms with Gasteiger partial charge in [-0.15, -0.1) is 0 Å². The van der Waals surface area contributed by atoms with E-state index in [-0.39, 0.29) is 11.8 Å². The molecule has 2 rings (SSSR count). The van der Waals surface area contributed by atoms with Crippen LogP contribution in [0.4, 0.5) is 0 Å². The molecule has 0 N–H and O–H groups in total. The van der Waals surface area contributed by atoms with Crippen molar-refractivity contribution in [2.24, 2.45) is 11.8 Å². The number of hydrogen-bond donors (Lipinski definition) is 0. The zero-order valence-corrected chi connectivity index (χ0v) is 10.7. The average Bonchev–Trinajstić information content (AvgIpc) is 2.39. The average molecular weight is 231 g/mol. The molecule has 17 heavy (non-hydrogen) atoms. The minimum atomic E-state index is 0.0245. The van der Waals surface area contributed by atoms with E-state index < -0.39 is 0 Å². The second kappa shape index (κ2) is 5.44. The summed E-state index contributed by atoms with van der Waals surface area (Å²) in [5.41, 5.74) is 1.10. The summed E-state index contributed by atoms with van der Waals surface area (Å²) in [6.07, 6.45) is 8.11. The minimum Gasteiger partial charge on any atom is -0.299 e. The number of pyridine rings is 1. The molecule has 1 aromatic rings. The summed E-state index contributed by atoms with van der Waals surface area (Å²) in [4.78, 5) is 16.4. The van der Waals surface area contributed by atoms with Gasteiger partial charge in [0.2, 0.25) is 0 Å². The van der Waals surface area contributed by atoms with E-state index in [1.54, 1.807) is 12.4 Å². The van der Waals surface area contributed by atoms with Crippen LogP contribution in [0, 0.1) is 11.8 Å². The Morgan fingerprint density at radius 2 is 1.82 bits per heavy atom. The molecule has 0 radical (unpaired) electrons. The molecule has 2 heteroatoms. The standard InChI is InChI=1S/C15H21NO/c1-11-3-5-14(6-4-11)15(17)12(2)13-7-9-16-10-8-13/h7-12,14H,3-6H2,1-2H3. The maximum atomic E-state index is 12.4. The Kier molecular flexibility index (Phi) is 3.93. The van der Waals surface area contributed by atoms with E-state index in [1.165, 1.54) is 12.8 Å². The maximum absolute atomic E-state index is 12.4. The second-order valence-electron chi connectivity index (χ2n) is 5.36. The van der Waals surface area contributed by atoms with Gasteiger partial charge in [0.05, 0.1) is 0 Å². The van der Waals surface area contributed by atoms with Gasteiger partial charge in [0.15, 0.2) is 0 Å². The highest BCUT2D eigenvalue weighted by atomic mass is 16.1. The van der Waals surface area contributed by atoms with Gasteiger partial charge in [0, 0.05) is 24.2 Å². The molecule has 0 amide bonds. The number of rotatable bonds is 3. The number of carbonyl (C=O) groups is 1. The number of carbonyl (C=O) groups excluding carboxylic acids is 1. The maximum Gasteiger partial charge on any atom is 0.143 e. The Balaban J connectivity index is 2.00. The fourth-order valence-electron chi connectivity index (χ4n) is 2.71. The van der Waals surface area contributed by atoms with Gasteiger partial charge in [-0.3, -0.25) is 9.78 Å². The lowest BCUT2D eigenvalue weighted by atomic mass is 9.77. The Labute approximate surface area is 103 Å². The molecule has 0 spiro atoms. The third-order valence-electron chi connectivity index (χ3n) is 4.05. The highest BCUT2D eigenvalue weighted by Gasteiger charge is 2.28. The van der Waals surface area contributed by atoms with Gasteiger partial charge in [-0.1, -0.05) is 26.7 Å². The van der Waals surface area contributed by atoms with Crippen LogP contribution in [0.3, 0.4) is 0 Å². The largest absolute Gasteiger partial charge is 0.299 e. The van der Waals surface area contributed by atoms with Crippen molar-refractivity contribution in [3.63, 3.8) is 0 Å². The van der Waals surface area contributed by atoms with Crippen molar-refractivity contribution >= 4 is 5.78 Å². The van der Waals surface area contributed by atoms with Gasteiger partial charge in [-0.05, 0) is 36.5 Å². The van der Waals surface area contributed by atoms with Crippen LogP contribution >= 0.6 is 0 Å². The first-order valence-corrected chi connectivity index (χ1v) is 6.62. The smallest absolute Gasteiger partial charge is 0.143 e. The fourth-order valence-corrected chi connectivity index (χ4v) is 2.71. The van der Waals surface area contributed by atoms with E-state index in [9.17, 15) is 4.79 Å². The van der Waals surface area contributed by atoms with Gasteiger partial charge < -0.3 is 0 Å². The SMILES string of the molecule is CC1CCC(C(=O)C(C)c2ccncc2)CC1. The monoisotopic (exact) mass is 231 g/mol. The van der Waals surface area contributed by atoms with Crippen molar-refractivity contribution in [3.8, 4) is 0 Å². The van der Waals surface area contributed by atoms with E-state index in [2.05, 4.69) is 11.9 Å². The van der Waals surface area contributed by atoms with E-state index in [0.717, 1.165) is 24.3 Å².